The highest BCUT2D eigenvalue weighted by molar-refractivity contribution is 5.75. The van der Waals surface area contributed by atoms with Crippen molar-refractivity contribution in [3.63, 3.8) is 0 Å². The summed E-state index contributed by atoms with van der Waals surface area (Å²) < 4.78 is 5.93. The molecule has 0 spiro atoms. The van der Waals surface area contributed by atoms with Crippen molar-refractivity contribution < 1.29 is 9.53 Å². The summed E-state index contributed by atoms with van der Waals surface area (Å²) in [6.45, 7) is 0. The zero-order chi connectivity index (χ0) is 16.2. The van der Waals surface area contributed by atoms with Gasteiger partial charge < -0.3 is 9.72 Å². The summed E-state index contributed by atoms with van der Waals surface area (Å²) in [5.41, 5.74) is 3.74. The molecule has 2 aromatic rings. The topological polar surface area (TPSA) is 89.0 Å². The largest absolute Gasteiger partial charge is 0.452 e. The zero-order valence-corrected chi connectivity index (χ0v) is 13.0. The Balaban J connectivity index is 2.06. The van der Waals surface area contributed by atoms with Crippen molar-refractivity contribution in [2.24, 2.45) is 0 Å². The van der Waals surface area contributed by atoms with Gasteiger partial charge in [-0.25, -0.2) is 19.9 Å². The van der Waals surface area contributed by atoms with Crippen LogP contribution in [-0.2, 0) is 4.74 Å². The number of hydrogen-bond acceptors (Lipinski definition) is 4. The monoisotopic (exact) mass is 316 g/mol. The number of ether oxygens (including phenoxy) is 1. The van der Waals surface area contributed by atoms with Gasteiger partial charge in [0.05, 0.1) is 7.11 Å². The summed E-state index contributed by atoms with van der Waals surface area (Å²) >= 11 is 0. The van der Waals surface area contributed by atoms with E-state index in [-0.39, 0.29) is 11.5 Å². The number of methoxy groups -OCH3 is 1. The number of aromatic amines is 1. The third kappa shape index (κ3) is 3.28. The van der Waals surface area contributed by atoms with Gasteiger partial charge in [-0.3, -0.25) is 4.79 Å². The number of imidazole rings is 1. The van der Waals surface area contributed by atoms with Crippen molar-refractivity contribution in [3.05, 3.63) is 40.6 Å². The average Bonchev–Trinajstić information content (AvgIpc) is 3.11. The Kier molecular flexibility index (Phi) is 4.45. The number of carbonyl (C=O) groups excluding carboxylic acids is 1. The fourth-order valence-corrected chi connectivity index (χ4v) is 3.11. The molecule has 7 nitrogen and oxygen atoms in total. The van der Waals surface area contributed by atoms with Crippen molar-refractivity contribution in [3.8, 4) is 11.4 Å². The number of rotatable bonds is 3. The van der Waals surface area contributed by atoms with E-state index in [2.05, 4.69) is 20.1 Å². The van der Waals surface area contributed by atoms with E-state index in [1.165, 1.54) is 24.3 Å². The number of hydrogen-bond donors (Lipinski definition) is 2. The van der Waals surface area contributed by atoms with Crippen molar-refractivity contribution in [2.45, 2.75) is 38.0 Å². The smallest absolute Gasteiger partial charge is 0.426 e. The third-order valence-electron chi connectivity index (χ3n) is 4.24. The van der Waals surface area contributed by atoms with E-state index < -0.39 is 6.09 Å². The molecule has 1 aliphatic carbocycles. The summed E-state index contributed by atoms with van der Waals surface area (Å²) in [6, 6.07) is 3.38. The van der Waals surface area contributed by atoms with E-state index in [4.69, 9.17) is 0 Å². The van der Waals surface area contributed by atoms with Crippen LogP contribution in [0, 0.1) is 0 Å². The summed E-state index contributed by atoms with van der Waals surface area (Å²) in [4.78, 5) is 31.3. The molecule has 1 fully saturated rings. The predicted octanol–water partition coefficient (Wildman–Crippen LogP) is 2.60. The molecule has 2 aromatic heterocycles. The molecule has 1 saturated carbocycles. The minimum absolute atomic E-state index is 0.239. The second-order valence-corrected chi connectivity index (χ2v) is 5.72. The Morgan fingerprint density at radius 2 is 2.13 bits per heavy atom. The SMILES string of the molecule is COC(=O)Nn1c(C2CCCCC2)cc(-c2ncc[nH]2)cc1=O. The maximum absolute atomic E-state index is 12.5. The first-order valence-electron chi connectivity index (χ1n) is 7.81. The lowest BCUT2D eigenvalue weighted by molar-refractivity contribution is 0.182. The molecule has 0 unspecified atom stereocenters. The molecular weight excluding hydrogens is 296 g/mol. The maximum atomic E-state index is 12.5. The van der Waals surface area contributed by atoms with Crippen LogP contribution in [0.15, 0.2) is 29.3 Å². The number of amides is 1. The van der Waals surface area contributed by atoms with Gasteiger partial charge in [-0.1, -0.05) is 19.3 Å². The van der Waals surface area contributed by atoms with Crippen LogP contribution in [0.2, 0.25) is 0 Å². The molecule has 7 heteroatoms. The highest BCUT2D eigenvalue weighted by Gasteiger charge is 2.22. The second kappa shape index (κ2) is 6.68. The van der Waals surface area contributed by atoms with Gasteiger partial charge in [-0.15, -0.1) is 0 Å². The van der Waals surface area contributed by atoms with E-state index in [1.807, 2.05) is 6.07 Å². The summed E-state index contributed by atoms with van der Waals surface area (Å²) in [5, 5.41) is 0. The molecule has 2 N–H and O–H groups in total. The molecule has 0 atom stereocenters. The van der Waals surface area contributed by atoms with E-state index in [0.717, 1.165) is 36.9 Å². The quantitative estimate of drug-likeness (QED) is 0.911. The van der Waals surface area contributed by atoms with Crippen LogP contribution in [0.4, 0.5) is 4.79 Å². The van der Waals surface area contributed by atoms with Gasteiger partial charge >= 0.3 is 6.09 Å². The Morgan fingerprint density at radius 3 is 2.78 bits per heavy atom. The Morgan fingerprint density at radius 1 is 1.35 bits per heavy atom. The van der Waals surface area contributed by atoms with Gasteiger partial charge in [-0.2, -0.15) is 0 Å². The number of pyridine rings is 1. The molecule has 1 aliphatic rings. The minimum atomic E-state index is -0.657. The van der Waals surface area contributed by atoms with Crippen LogP contribution in [0.3, 0.4) is 0 Å². The van der Waals surface area contributed by atoms with Gasteiger partial charge in [0, 0.05) is 35.6 Å². The van der Waals surface area contributed by atoms with Crippen molar-refractivity contribution >= 4 is 6.09 Å². The van der Waals surface area contributed by atoms with E-state index in [0.29, 0.717) is 5.82 Å². The summed E-state index contributed by atoms with van der Waals surface area (Å²) in [6.07, 6.45) is 8.18. The minimum Gasteiger partial charge on any atom is -0.452 e. The third-order valence-corrected chi connectivity index (χ3v) is 4.24. The van der Waals surface area contributed by atoms with Crippen LogP contribution in [0.5, 0.6) is 0 Å². The van der Waals surface area contributed by atoms with Crippen LogP contribution >= 0.6 is 0 Å². The molecule has 3 rings (SSSR count). The Hall–Kier alpha value is -2.57. The predicted molar refractivity (Wildman–Crippen MR) is 85.9 cm³/mol. The number of H-pyrrole nitrogens is 1. The molecule has 0 bridgehead atoms. The lowest BCUT2D eigenvalue weighted by Gasteiger charge is -2.25. The Bertz CT molecular complexity index is 730. The maximum Gasteiger partial charge on any atom is 0.426 e. The standard InChI is InChI=1S/C16H20N4O3/c1-23-16(22)19-20-13(11-5-3-2-4-6-11)9-12(10-14(20)21)15-17-7-8-18-15/h7-11H,2-6H2,1H3,(H,17,18)(H,19,22). The number of nitrogens with one attached hydrogen (secondary N) is 2. The van der Waals surface area contributed by atoms with Gasteiger partial charge in [-0.05, 0) is 18.9 Å². The molecule has 23 heavy (non-hydrogen) atoms. The molecule has 0 aromatic carbocycles. The molecule has 0 aliphatic heterocycles. The molecule has 0 radical (unpaired) electrons. The van der Waals surface area contributed by atoms with Crippen molar-refractivity contribution in [1.82, 2.24) is 14.6 Å². The zero-order valence-electron chi connectivity index (χ0n) is 13.0. The molecular formula is C16H20N4O3. The van der Waals surface area contributed by atoms with Gasteiger partial charge in [0.15, 0.2) is 0 Å². The lowest BCUT2D eigenvalue weighted by Crippen LogP contribution is -2.36. The molecule has 1 amide bonds. The fraction of sp³-hybridized carbons (Fsp3) is 0.438. The fourth-order valence-electron chi connectivity index (χ4n) is 3.11. The van der Waals surface area contributed by atoms with Gasteiger partial charge in [0.25, 0.3) is 5.56 Å². The molecule has 122 valence electrons. The van der Waals surface area contributed by atoms with Crippen molar-refractivity contribution in [1.29, 1.82) is 0 Å². The van der Waals surface area contributed by atoms with Gasteiger partial charge in [0.1, 0.15) is 5.82 Å². The normalized spacial score (nSPS) is 15.3. The lowest BCUT2D eigenvalue weighted by atomic mass is 9.86. The summed E-state index contributed by atoms with van der Waals surface area (Å²) in [7, 11) is 1.28. The highest BCUT2D eigenvalue weighted by Crippen LogP contribution is 2.33. The number of aromatic nitrogens is 3. The van der Waals surface area contributed by atoms with E-state index in [9.17, 15) is 9.59 Å². The Labute approximate surface area is 133 Å². The van der Waals surface area contributed by atoms with Gasteiger partial charge in [0.2, 0.25) is 0 Å². The first-order chi connectivity index (χ1) is 11.2. The molecule has 0 saturated heterocycles. The van der Waals surface area contributed by atoms with E-state index >= 15 is 0 Å². The highest BCUT2D eigenvalue weighted by atomic mass is 16.5. The number of carbonyl (C=O) groups is 1. The van der Waals surface area contributed by atoms with Crippen molar-refractivity contribution in [2.75, 3.05) is 12.5 Å². The average molecular weight is 316 g/mol. The van der Waals surface area contributed by atoms with Crippen LogP contribution in [0.25, 0.3) is 11.4 Å². The first kappa shape index (κ1) is 15.3. The van der Waals surface area contributed by atoms with E-state index in [1.54, 1.807) is 12.4 Å². The number of nitrogens with zero attached hydrogens (tertiary/aromatic N) is 2. The summed E-state index contributed by atoms with van der Waals surface area (Å²) in [5.74, 6) is 0.882. The molecule has 2 heterocycles. The van der Waals surface area contributed by atoms with Crippen LogP contribution < -0.4 is 11.0 Å². The van der Waals surface area contributed by atoms with Crippen LogP contribution in [-0.4, -0.2) is 27.8 Å². The first-order valence-corrected chi connectivity index (χ1v) is 7.81. The van der Waals surface area contributed by atoms with Crippen LogP contribution in [0.1, 0.15) is 43.7 Å². The second-order valence-electron chi connectivity index (χ2n) is 5.72.